The number of guanidine groups is 1. The number of ether oxygens (including phenoxy) is 1. The van der Waals surface area contributed by atoms with Gasteiger partial charge in [-0.1, -0.05) is 24.3 Å². The Bertz CT molecular complexity index is 925. The molecule has 7 nitrogen and oxygen atoms in total. The lowest BCUT2D eigenvalue weighted by molar-refractivity contribution is 0.267. The van der Waals surface area contributed by atoms with E-state index >= 15 is 0 Å². The summed E-state index contributed by atoms with van der Waals surface area (Å²) in [6.45, 7) is 2.11. The first-order valence-electron chi connectivity index (χ1n) is 8.80. The number of fused-ring (bicyclic) bond motifs is 2. The summed E-state index contributed by atoms with van der Waals surface area (Å²) in [5.74, 6) is 3.00. The predicted molar refractivity (Wildman–Crippen MR) is 116 cm³/mol. The zero-order chi connectivity index (χ0) is 17.8. The van der Waals surface area contributed by atoms with Crippen LogP contribution in [0.4, 0.5) is 0 Å². The van der Waals surface area contributed by atoms with E-state index in [1.165, 1.54) is 5.56 Å². The molecule has 142 valence electrons. The maximum absolute atomic E-state index is 5.73. The minimum Gasteiger partial charge on any atom is -0.493 e. The van der Waals surface area contributed by atoms with E-state index in [0.29, 0.717) is 12.5 Å². The maximum Gasteiger partial charge on any atom is 0.191 e. The van der Waals surface area contributed by atoms with Crippen LogP contribution in [-0.2, 0) is 6.54 Å². The largest absolute Gasteiger partial charge is 0.493 e. The molecule has 1 unspecified atom stereocenters. The third kappa shape index (κ3) is 4.32. The molecule has 8 heteroatoms. The van der Waals surface area contributed by atoms with Gasteiger partial charge in [0.2, 0.25) is 0 Å². The van der Waals surface area contributed by atoms with Gasteiger partial charge in [-0.2, -0.15) is 0 Å². The normalized spacial score (nSPS) is 16.2. The van der Waals surface area contributed by atoms with Gasteiger partial charge in [0, 0.05) is 25.7 Å². The lowest BCUT2D eigenvalue weighted by atomic mass is 9.93. The first kappa shape index (κ1) is 19.4. The van der Waals surface area contributed by atoms with E-state index in [2.05, 4.69) is 38.0 Å². The molecule has 4 rings (SSSR count). The Hall–Kier alpha value is -2.36. The molecular weight excluding hydrogens is 455 g/mol. The van der Waals surface area contributed by atoms with Crippen LogP contribution in [0.2, 0.25) is 0 Å². The van der Waals surface area contributed by atoms with Gasteiger partial charge in [0.25, 0.3) is 0 Å². The molecule has 2 aromatic heterocycles. The molecule has 1 aliphatic rings. The number of nitrogens with one attached hydrogen (secondary N) is 2. The summed E-state index contributed by atoms with van der Waals surface area (Å²) in [5, 5.41) is 15.1. The number of rotatable bonds is 4. The number of hydrogen-bond acceptors (Lipinski definition) is 4. The topological polar surface area (TPSA) is 75.8 Å². The first-order valence-corrected chi connectivity index (χ1v) is 8.80. The van der Waals surface area contributed by atoms with Crippen LogP contribution < -0.4 is 15.4 Å². The highest BCUT2D eigenvalue weighted by atomic mass is 127. The van der Waals surface area contributed by atoms with E-state index in [0.717, 1.165) is 42.8 Å². The Morgan fingerprint density at radius 2 is 2.04 bits per heavy atom. The van der Waals surface area contributed by atoms with Gasteiger partial charge in [0.1, 0.15) is 5.75 Å². The summed E-state index contributed by atoms with van der Waals surface area (Å²) < 4.78 is 7.70. The molecule has 3 aromatic rings. The van der Waals surface area contributed by atoms with Crippen molar-refractivity contribution in [3.8, 4) is 5.75 Å². The van der Waals surface area contributed by atoms with Gasteiger partial charge in [0.15, 0.2) is 17.4 Å². The molecule has 27 heavy (non-hydrogen) atoms. The highest BCUT2D eigenvalue weighted by molar-refractivity contribution is 14.0. The fourth-order valence-electron chi connectivity index (χ4n) is 3.24. The molecule has 2 N–H and O–H groups in total. The molecule has 1 atom stereocenters. The summed E-state index contributed by atoms with van der Waals surface area (Å²) in [7, 11) is 1.77. The molecule has 0 aliphatic carbocycles. The second-order valence-electron chi connectivity index (χ2n) is 6.22. The number of hydrogen-bond donors (Lipinski definition) is 2. The van der Waals surface area contributed by atoms with Gasteiger partial charge in [-0.25, -0.2) is 0 Å². The number of para-hydroxylation sites is 1. The smallest absolute Gasteiger partial charge is 0.191 e. The van der Waals surface area contributed by atoms with Gasteiger partial charge in [0.05, 0.1) is 13.2 Å². The SMILES string of the molecule is CN=C(NCc1nnc2ccccn12)NCC1CCOc2ccccc21.I. The average molecular weight is 478 g/mol. The van der Waals surface area contributed by atoms with E-state index in [1.807, 2.05) is 40.9 Å². The van der Waals surface area contributed by atoms with Crippen molar-refractivity contribution in [2.75, 3.05) is 20.2 Å². The number of aromatic nitrogens is 3. The minimum atomic E-state index is 0. The number of benzene rings is 1. The maximum atomic E-state index is 5.73. The van der Waals surface area contributed by atoms with Crippen molar-refractivity contribution in [3.05, 3.63) is 60.0 Å². The summed E-state index contributed by atoms with van der Waals surface area (Å²) in [6, 6.07) is 14.1. The fourth-order valence-corrected chi connectivity index (χ4v) is 3.24. The highest BCUT2D eigenvalue weighted by Crippen LogP contribution is 2.32. The van der Waals surface area contributed by atoms with Gasteiger partial charge >= 0.3 is 0 Å². The summed E-state index contributed by atoms with van der Waals surface area (Å²) >= 11 is 0. The molecule has 0 spiro atoms. The molecule has 1 aromatic carbocycles. The van der Waals surface area contributed by atoms with Crippen LogP contribution in [0.5, 0.6) is 5.75 Å². The Labute approximate surface area is 175 Å². The summed E-state index contributed by atoms with van der Waals surface area (Å²) in [5.41, 5.74) is 2.09. The third-order valence-corrected chi connectivity index (χ3v) is 4.62. The molecular formula is C19H23IN6O. The van der Waals surface area contributed by atoms with Crippen LogP contribution >= 0.6 is 24.0 Å². The molecule has 1 aliphatic heterocycles. The van der Waals surface area contributed by atoms with Crippen LogP contribution in [0.15, 0.2) is 53.7 Å². The number of aliphatic imine (C=N–C) groups is 1. The van der Waals surface area contributed by atoms with Crippen molar-refractivity contribution < 1.29 is 4.74 Å². The highest BCUT2D eigenvalue weighted by Gasteiger charge is 2.21. The van der Waals surface area contributed by atoms with Crippen molar-refractivity contribution in [2.24, 2.45) is 4.99 Å². The molecule has 0 bridgehead atoms. The van der Waals surface area contributed by atoms with Crippen molar-refractivity contribution in [1.29, 1.82) is 0 Å². The first-order chi connectivity index (χ1) is 12.8. The van der Waals surface area contributed by atoms with Gasteiger partial charge in [-0.15, -0.1) is 34.2 Å². The van der Waals surface area contributed by atoms with Gasteiger partial charge < -0.3 is 15.4 Å². The molecule has 0 saturated carbocycles. The fraction of sp³-hybridized carbons (Fsp3) is 0.316. The van der Waals surface area contributed by atoms with Crippen LogP contribution in [0.3, 0.4) is 0 Å². The van der Waals surface area contributed by atoms with Crippen LogP contribution in [0, 0.1) is 0 Å². The Morgan fingerprint density at radius 3 is 2.93 bits per heavy atom. The van der Waals surface area contributed by atoms with Crippen LogP contribution in [0.25, 0.3) is 5.65 Å². The predicted octanol–water partition coefficient (Wildman–Crippen LogP) is 2.58. The Morgan fingerprint density at radius 1 is 1.19 bits per heavy atom. The second-order valence-corrected chi connectivity index (χ2v) is 6.22. The van der Waals surface area contributed by atoms with E-state index in [4.69, 9.17) is 4.74 Å². The van der Waals surface area contributed by atoms with Crippen LogP contribution in [-0.4, -0.2) is 40.8 Å². The van der Waals surface area contributed by atoms with Crippen LogP contribution in [0.1, 0.15) is 23.7 Å². The number of pyridine rings is 1. The lowest BCUT2D eigenvalue weighted by Gasteiger charge is -2.26. The molecule has 0 fully saturated rings. The molecule has 0 radical (unpaired) electrons. The average Bonchev–Trinajstić information content (AvgIpc) is 3.11. The quantitative estimate of drug-likeness (QED) is 0.343. The standard InChI is InChI=1S/C19H22N6O.HI/c1-20-19(22-13-18-24-23-17-8-4-5-10-25(17)18)21-12-14-9-11-26-16-7-3-2-6-15(14)16;/h2-8,10,14H,9,11-13H2,1H3,(H2,20,21,22);1H. The van der Waals surface area contributed by atoms with Crippen molar-refractivity contribution >= 4 is 35.6 Å². The third-order valence-electron chi connectivity index (χ3n) is 4.62. The Kier molecular flexibility index (Phi) is 6.49. The monoisotopic (exact) mass is 478 g/mol. The van der Waals surface area contributed by atoms with Crippen molar-refractivity contribution in [3.63, 3.8) is 0 Å². The molecule has 3 heterocycles. The zero-order valence-electron chi connectivity index (χ0n) is 15.1. The lowest BCUT2D eigenvalue weighted by Crippen LogP contribution is -2.40. The Balaban J connectivity index is 0.00000210. The zero-order valence-corrected chi connectivity index (χ0v) is 17.5. The summed E-state index contributed by atoms with van der Waals surface area (Å²) in [6.07, 6.45) is 2.96. The van der Waals surface area contributed by atoms with Gasteiger partial charge in [-0.3, -0.25) is 9.39 Å². The van der Waals surface area contributed by atoms with Gasteiger partial charge in [-0.05, 0) is 30.2 Å². The van der Waals surface area contributed by atoms with E-state index < -0.39 is 0 Å². The van der Waals surface area contributed by atoms with E-state index in [1.54, 1.807) is 7.05 Å². The van der Waals surface area contributed by atoms with E-state index in [-0.39, 0.29) is 24.0 Å². The molecule has 0 amide bonds. The number of nitrogens with zero attached hydrogens (tertiary/aromatic N) is 4. The second kappa shape index (κ2) is 9.03. The summed E-state index contributed by atoms with van der Waals surface area (Å²) in [4.78, 5) is 4.31. The molecule has 0 saturated heterocycles. The van der Waals surface area contributed by atoms with E-state index in [9.17, 15) is 0 Å². The van der Waals surface area contributed by atoms with Crippen molar-refractivity contribution in [2.45, 2.75) is 18.9 Å². The minimum absolute atomic E-state index is 0. The number of halogens is 1. The van der Waals surface area contributed by atoms with Crippen molar-refractivity contribution in [1.82, 2.24) is 25.2 Å².